The molecule has 4 aromatic carbocycles. The lowest BCUT2D eigenvalue weighted by molar-refractivity contribution is 0.306. The molecule has 0 aliphatic carbocycles. The Bertz CT molecular complexity index is 1500. The van der Waals surface area contributed by atoms with Crippen LogP contribution in [0.25, 0.3) is 22.2 Å². The highest BCUT2D eigenvalue weighted by molar-refractivity contribution is 5.90. The molecular formula is C34H35FN2O. The summed E-state index contributed by atoms with van der Waals surface area (Å²) >= 11 is 0. The number of nitrogens with one attached hydrogen (secondary N) is 1. The molecule has 0 radical (unpaired) electrons. The molecule has 1 heterocycles. The zero-order valence-corrected chi connectivity index (χ0v) is 22.4. The second kappa shape index (κ2) is 11.7. The third kappa shape index (κ3) is 5.51. The molecule has 5 aromatic rings. The molecule has 0 amide bonds. The van der Waals surface area contributed by atoms with E-state index in [9.17, 15) is 0 Å². The SMILES string of the molecule is CCNCCc1ccc(Cn2c(-c3c(C)cccc3C)c(F)c3cc(OCc4ccccc4)ccc32)cc1. The summed E-state index contributed by atoms with van der Waals surface area (Å²) in [6, 6.07) is 30.6. The lowest BCUT2D eigenvalue weighted by Crippen LogP contribution is -2.16. The van der Waals surface area contributed by atoms with Crippen LogP contribution in [-0.4, -0.2) is 17.7 Å². The predicted octanol–water partition coefficient (Wildman–Crippen LogP) is 7.84. The van der Waals surface area contributed by atoms with Gasteiger partial charge in [0, 0.05) is 17.5 Å². The first-order chi connectivity index (χ1) is 18.5. The van der Waals surface area contributed by atoms with E-state index in [1.807, 2.05) is 54.6 Å². The smallest absolute Gasteiger partial charge is 0.156 e. The maximum absolute atomic E-state index is 16.3. The lowest BCUT2D eigenvalue weighted by Gasteiger charge is -2.15. The van der Waals surface area contributed by atoms with Crippen molar-refractivity contribution in [2.75, 3.05) is 13.1 Å². The lowest BCUT2D eigenvalue weighted by atomic mass is 9.99. The van der Waals surface area contributed by atoms with Crippen molar-refractivity contribution in [2.45, 2.75) is 40.3 Å². The first-order valence-electron chi connectivity index (χ1n) is 13.4. The minimum absolute atomic E-state index is 0.204. The first-order valence-corrected chi connectivity index (χ1v) is 13.4. The van der Waals surface area contributed by atoms with Crippen molar-refractivity contribution in [1.29, 1.82) is 0 Å². The average molecular weight is 507 g/mol. The number of ether oxygens (including phenoxy) is 1. The third-order valence-electron chi connectivity index (χ3n) is 7.14. The van der Waals surface area contributed by atoms with Crippen LogP contribution in [0.15, 0.2) is 91.0 Å². The van der Waals surface area contributed by atoms with Gasteiger partial charge in [-0.25, -0.2) is 4.39 Å². The number of halogens is 1. The van der Waals surface area contributed by atoms with Crippen LogP contribution in [0, 0.1) is 19.7 Å². The predicted molar refractivity (Wildman–Crippen MR) is 155 cm³/mol. The number of likely N-dealkylation sites (N-methyl/N-ethyl adjacent to an activating group) is 1. The fourth-order valence-corrected chi connectivity index (χ4v) is 5.12. The van der Waals surface area contributed by atoms with Gasteiger partial charge in [-0.2, -0.15) is 0 Å². The number of benzene rings is 4. The van der Waals surface area contributed by atoms with Crippen molar-refractivity contribution in [3.8, 4) is 17.0 Å². The fraction of sp³-hybridized carbons (Fsp3) is 0.235. The van der Waals surface area contributed by atoms with E-state index < -0.39 is 0 Å². The highest BCUT2D eigenvalue weighted by Crippen LogP contribution is 2.38. The Balaban J connectivity index is 1.53. The van der Waals surface area contributed by atoms with Crippen molar-refractivity contribution in [2.24, 2.45) is 0 Å². The van der Waals surface area contributed by atoms with Gasteiger partial charge in [0.2, 0.25) is 0 Å². The van der Waals surface area contributed by atoms with Crippen LogP contribution < -0.4 is 10.1 Å². The number of hydrogen-bond donors (Lipinski definition) is 1. The monoisotopic (exact) mass is 506 g/mol. The molecule has 3 nitrogen and oxygen atoms in total. The van der Waals surface area contributed by atoms with Gasteiger partial charge in [-0.05, 0) is 79.4 Å². The minimum Gasteiger partial charge on any atom is -0.489 e. The van der Waals surface area contributed by atoms with Gasteiger partial charge >= 0.3 is 0 Å². The summed E-state index contributed by atoms with van der Waals surface area (Å²) in [4.78, 5) is 0. The van der Waals surface area contributed by atoms with Crippen LogP contribution >= 0.6 is 0 Å². The molecule has 5 rings (SSSR count). The van der Waals surface area contributed by atoms with E-state index in [1.54, 1.807) is 0 Å². The molecule has 0 unspecified atom stereocenters. The van der Waals surface area contributed by atoms with Gasteiger partial charge in [0.15, 0.2) is 5.82 Å². The highest BCUT2D eigenvalue weighted by Gasteiger charge is 2.22. The molecule has 194 valence electrons. The Morgan fingerprint density at radius 1 is 0.789 bits per heavy atom. The van der Waals surface area contributed by atoms with E-state index in [2.05, 4.69) is 67.1 Å². The van der Waals surface area contributed by atoms with Crippen LogP contribution in [0.3, 0.4) is 0 Å². The van der Waals surface area contributed by atoms with Gasteiger partial charge in [0.1, 0.15) is 12.4 Å². The number of hydrogen-bond acceptors (Lipinski definition) is 2. The van der Waals surface area contributed by atoms with Crippen LogP contribution in [0.1, 0.15) is 34.7 Å². The van der Waals surface area contributed by atoms with E-state index >= 15 is 4.39 Å². The van der Waals surface area contributed by atoms with Crippen LogP contribution in [0.5, 0.6) is 5.75 Å². The van der Waals surface area contributed by atoms with Crippen molar-refractivity contribution in [1.82, 2.24) is 9.88 Å². The Labute approximate surface area is 224 Å². The van der Waals surface area contributed by atoms with Crippen molar-refractivity contribution in [3.63, 3.8) is 0 Å². The van der Waals surface area contributed by atoms with Crippen LogP contribution in [-0.2, 0) is 19.6 Å². The summed E-state index contributed by atoms with van der Waals surface area (Å²) in [5.74, 6) is 0.459. The maximum Gasteiger partial charge on any atom is 0.156 e. The molecular weight excluding hydrogens is 471 g/mol. The molecule has 0 saturated carbocycles. The minimum atomic E-state index is -0.204. The molecule has 0 atom stereocenters. The molecule has 1 N–H and O–H groups in total. The first kappa shape index (κ1) is 25.7. The van der Waals surface area contributed by atoms with Crippen molar-refractivity contribution in [3.05, 3.63) is 125 Å². The summed E-state index contributed by atoms with van der Waals surface area (Å²) in [7, 11) is 0. The van der Waals surface area contributed by atoms with Crippen LogP contribution in [0.4, 0.5) is 4.39 Å². The molecule has 38 heavy (non-hydrogen) atoms. The van der Waals surface area contributed by atoms with E-state index in [0.717, 1.165) is 52.8 Å². The molecule has 0 aliphatic heterocycles. The fourth-order valence-electron chi connectivity index (χ4n) is 5.12. The van der Waals surface area contributed by atoms with Gasteiger partial charge in [0.05, 0.1) is 11.2 Å². The molecule has 0 bridgehead atoms. The number of aryl methyl sites for hydroxylation is 2. The Kier molecular flexibility index (Phi) is 7.90. The number of aromatic nitrogens is 1. The summed E-state index contributed by atoms with van der Waals surface area (Å²) < 4.78 is 24.5. The third-order valence-corrected chi connectivity index (χ3v) is 7.14. The largest absolute Gasteiger partial charge is 0.489 e. The highest BCUT2D eigenvalue weighted by atomic mass is 19.1. The molecule has 0 saturated heterocycles. The second-order valence-electron chi connectivity index (χ2n) is 9.89. The van der Waals surface area contributed by atoms with Gasteiger partial charge in [0.25, 0.3) is 0 Å². The van der Waals surface area contributed by atoms with Gasteiger partial charge in [-0.3, -0.25) is 0 Å². The molecule has 1 aromatic heterocycles. The summed E-state index contributed by atoms with van der Waals surface area (Å²) in [5.41, 5.74) is 8.10. The number of rotatable bonds is 10. The standard InChI is InChI=1S/C34H35FN2O/c1-4-36-20-19-26-13-15-27(16-14-26)22-37-31-18-17-29(38-23-28-11-6-5-7-12-28)21-30(31)33(35)34(37)32-24(2)9-8-10-25(32)3/h5-18,21,36H,4,19-20,22-23H2,1-3H3. The zero-order valence-electron chi connectivity index (χ0n) is 22.4. The Morgan fingerprint density at radius 3 is 2.21 bits per heavy atom. The van der Waals surface area contributed by atoms with Gasteiger partial charge < -0.3 is 14.6 Å². The van der Waals surface area contributed by atoms with E-state index in [1.165, 1.54) is 5.56 Å². The van der Waals surface area contributed by atoms with E-state index in [4.69, 9.17) is 4.74 Å². The van der Waals surface area contributed by atoms with Gasteiger partial charge in [-0.1, -0.05) is 79.7 Å². The Morgan fingerprint density at radius 2 is 1.50 bits per heavy atom. The molecule has 4 heteroatoms. The average Bonchev–Trinajstić information content (AvgIpc) is 3.19. The summed E-state index contributed by atoms with van der Waals surface area (Å²) in [5, 5.41) is 3.96. The van der Waals surface area contributed by atoms with Gasteiger partial charge in [-0.15, -0.1) is 0 Å². The molecule has 0 spiro atoms. The van der Waals surface area contributed by atoms with Crippen LogP contribution in [0.2, 0.25) is 0 Å². The van der Waals surface area contributed by atoms with Crippen molar-refractivity contribution < 1.29 is 9.13 Å². The summed E-state index contributed by atoms with van der Waals surface area (Å²) in [6.07, 6.45) is 0.995. The van der Waals surface area contributed by atoms with Crippen molar-refractivity contribution >= 4 is 10.9 Å². The topological polar surface area (TPSA) is 26.2 Å². The maximum atomic E-state index is 16.3. The number of nitrogens with zero attached hydrogens (tertiary/aromatic N) is 1. The second-order valence-corrected chi connectivity index (χ2v) is 9.89. The summed E-state index contributed by atoms with van der Waals surface area (Å²) in [6.45, 7) is 9.20. The molecule has 0 aliphatic rings. The Hall–Kier alpha value is -3.89. The normalized spacial score (nSPS) is 11.3. The van der Waals surface area contributed by atoms with E-state index in [0.29, 0.717) is 30.0 Å². The molecule has 0 fully saturated rings. The number of fused-ring (bicyclic) bond motifs is 1. The van der Waals surface area contributed by atoms with E-state index in [-0.39, 0.29) is 5.82 Å². The zero-order chi connectivity index (χ0) is 26.5. The quantitative estimate of drug-likeness (QED) is 0.195.